The van der Waals surface area contributed by atoms with Crippen LogP contribution in [0.4, 0.5) is 26.3 Å². The molecule has 4 atom stereocenters. The Kier molecular flexibility index (Phi) is 28.9. The standard InChI is InChI=1S/C59H82F6O16S2/c1-43(41-78-37-35-76-33-31-74-29-27-72-25-23-70-21-19-68-17-15-66-5)80-47-11-7-45(8-12-47)51-39-49-53-54(58(62,63)59(64,65)57(53,60)61)50-40-52(83-56(50,4)55(49,3)82-51)46-9-13-48(14-10-46)81-44(2)42-79-38-36-77-34-32-75-30-28-73-26-24-71-22-20-69-18-16-67-6/h7-14,39-40,43-44H,15-38,41-42H2,1-6H3/t43-,44-,55-,56-/m0/s1. The second-order valence-electron chi connectivity index (χ2n) is 19.8. The van der Waals surface area contributed by atoms with Crippen molar-refractivity contribution in [1.82, 2.24) is 0 Å². The van der Waals surface area contributed by atoms with E-state index in [1.54, 1.807) is 76.6 Å². The molecule has 1 saturated carbocycles. The second kappa shape index (κ2) is 34.9. The van der Waals surface area contributed by atoms with Gasteiger partial charge in [0.15, 0.2) is 0 Å². The van der Waals surface area contributed by atoms with Crippen LogP contribution >= 0.6 is 23.5 Å². The SMILES string of the molecule is COCCOCCOCCOCCOCCOCCOC[C@H](C)Oc1ccc(C2=CC3=C4C(=C5C=C(c6ccc(O[C@@H](C)COCCOCCOCCOCCOCCOCCOC)cc6)S[C@]5(C)[C@@]3(C)S2)C(F)(F)C(F)(F)C4(F)F)cc1. The van der Waals surface area contributed by atoms with Gasteiger partial charge in [0.25, 0.3) is 0 Å². The predicted octanol–water partition coefficient (Wildman–Crippen LogP) is 9.63. The number of rotatable bonds is 46. The maximum absolute atomic E-state index is 16.1. The van der Waals surface area contributed by atoms with Gasteiger partial charge >= 0.3 is 17.8 Å². The van der Waals surface area contributed by atoms with E-state index in [-0.39, 0.29) is 36.6 Å². The number of thioether (sulfide) groups is 2. The van der Waals surface area contributed by atoms with Crippen molar-refractivity contribution in [2.24, 2.45) is 0 Å². The Morgan fingerprint density at radius 3 is 0.855 bits per heavy atom. The number of alkyl halides is 6. The van der Waals surface area contributed by atoms with Crippen molar-refractivity contribution in [1.29, 1.82) is 0 Å². The molecule has 1 fully saturated rings. The summed E-state index contributed by atoms with van der Waals surface area (Å²) in [6, 6.07) is 13.7. The Morgan fingerprint density at radius 1 is 0.361 bits per heavy atom. The number of hydrogen-bond acceptors (Lipinski definition) is 18. The third-order valence-electron chi connectivity index (χ3n) is 13.6. The van der Waals surface area contributed by atoms with E-state index in [4.69, 9.17) is 75.8 Å². The Morgan fingerprint density at radius 2 is 0.602 bits per heavy atom. The lowest BCUT2D eigenvalue weighted by molar-refractivity contribution is -0.258. The lowest BCUT2D eigenvalue weighted by atomic mass is 9.71. The summed E-state index contributed by atoms with van der Waals surface area (Å²) in [5, 5.41) is 0. The summed E-state index contributed by atoms with van der Waals surface area (Å²) in [5.74, 6) is -15.0. The van der Waals surface area contributed by atoms with Crippen molar-refractivity contribution < 1.29 is 102 Å². The van der Waals surface area contributed by atoms with Gasteiger partial charge in [-0.05, 0) is 86.4 Å². The monoisotopic (exact) mass is 1220 g/mol. The Balaban J connectivity index is 0.914. The zero-order chi connectivity index (χ0) is 59.6. The quantitative estimate of drug-likeness (QED) is 0.0457. The summed E-state index contributed by atoms with van der Waals surface area (Å²) < 4.78 is 181. The molecule has 83 heavy (non-hydrogen) atoms. The highest BCUT2D eigenvalue weighted by molar-refractivity contribution is 8.14. The fourth-order valence-electron chi connectivity index (χ4n) is 9.10. The largest absolute Gasteiger partial charge is 0.488 e. The molecular weight excluding hydrogens is 1140 g/mol. The highest BCUT2D eigenvalue weighted by atomic mass is 32.2. The molecule has 2 aliphatic heterocycles. The second-order valence-corrected chi connectivity index (χ2v) is 22.7. The zero-order valence-electron chi connectivity index (χ0n) is 48.4. The molecule has 4 aliphatic rings. The van der Waals surface area contributed by atoms with Gasteiger partial charge in [-0.3, -0.25) is 0 Å². The van der Waals surface area contributed by atoms with Gasteiger partial charge < -0.3 is 75.8 Å². The summed E-state index contributed by atoms with van der Waals surface area (Å²) in [4.78, 5) is 0.925. The minimum Gasteiger partial charge on any atom is -0.488 e. The first-order valence-electron chi connectivity index (χ1n) is 27.9. The molecule has 0 saturated heterocycles. The van der Waals surface area contributed by atoms with Crippen molar-refractivity contribution in [3.63, 3.8) is 0 Å². The molecule has 0 N–H and O–H groups in total. The van der Waals surface area contributed by atoms with Gasteiger partial charge in [-0.2, -0.15) is 26.3 Å². The Bertz CT molecular complexity index is 2200. The van der Waals surface area contributed by atoms with Gasteiger partial charge in [-0.25, -0.2) is 0 Å². The molecule has 6 rings (SSSR count). The van der Waals surface area contributed by atoms with Gasteiger partial charge in [0.05, 0.1) is 181 Å². The normalized spacial score (nSPS) is 21.0. The van der Waals surface area contributed by atoms with Crippen molar-refractivity contribution in [3.8, 4) is 11.5 Å². The summed E-state index contributed by atoms with van der Waals surface area (Å²) in [6.45, 7) is 18.3. The van der Waals surface area contributed by atoms with E-state index < -0.39 is 38.4 Å². The first-order valence-corrected chi connectivity index (χ1v) is 29.6. The van der Waals surface area contributed by atoms with E-state index in [0.29, 0.717) is 191 Å². The fourth-order valence-corrected chi connectivity index (χ4v) is 12.2. The van der Waals surface area contributed by atoms with Crippen molar-refractivity contribution in [3.05, 3.63) is 94.1 Å². The number of methoxy groups -OCH3 is 2. The number of hydrogen-bond donors (Lipinski definition) is 0. The summed E-state index contributed by atoms with van der Waals surface area (Å²) in [7, 11) is 3.24. The molecule has 468 valence electrons. The summed E-state index contributed by atoms with van der Waals surface area (Å²) in [6.07, 6.45) is 2.03. The molecule has 0 spiro atoms. The van der Waals surface area contributed by atoms with Crippen LogP contribution < -0.4 is 9.47 Å². The molecule has 2 aromatic carbocycles. The lowest BCUT2D eigenvalue weighted by Gasteiger charge is -2.47. The van der Waals surface area contributed by atoms with Gasteiger partial charge in [-0.15, -0.1) is 23.5 Å². The number of ether oxygens (including phenoxy) is 16. The minimum atomic E-state index is -5.68. The fraction of sp³-hybridized carbons (Fsp3) is 0.661. The molecule has 0 radical (unpaired) electrons. The number of allylic oxidation sites excluding steroid dienone is 4. The minimum absolute atomic E-state index is 0.252. The topological polar surface area (TPSA) is 148 Å². The number of halogens is 6. The van der Waals surface area contributed by atoms with Crippen LogP contribution in [0, 0.1) is 0 Å². The maximum atomic E-state index is 16.1. The highest BCUT2D eigenvalue weighted by Crippen LogP contribution is 2.75. The first-order chi connectivity index (χ1) is 40.0. The third-order valence-corrected chi connectivity index (χ3v) is 16.9. The van der Waals surface area contributed by atoms with Gasteiger partial charge in [0.1, 0.15) is 23.7 Å². The maximum Gasteiger partial charge on any atom is 0.380 e. The molecule has 24 heteroatoms. The Hall–Kier alpha value is -3.28. The van der Waals surface area contributed by atoms with Crippen LogP contribution in [0.1, 0.15) is 38.8 Å². The van der Waals surface area contributed by atoms with E-state index in [0.717, 1.165) is 0 Å². The molecule has 16 nitrogen and oxygen atoms in total. The zero-order valence-corrected chi connectivity index (χ0v) is 50.1. The van der Waals surface area contributed by atoms with Crippen LogP contribution in [0.25, 0.3) is 9.81 Å². The first kappa shape index (κ1) is 68.8. The molecular formula is C59H82F6O16S2. The van der Waals surface area contributed by atoms with E-state index in [1.165, 1.54) is 35.7 Å². The summed E-state index contributed by atoms with van der Waals surface area (Å²) in [5.41, 5.74) is -2.00. The highest BCUT2D eigenvalue weighted by Gasteiger charge is 2.84. The molecule has 0 aromatic heterocycles. The lowest BCUT2D eigenvalue weighted by Crippen LogP contribution is -2.48. The van der Waals surface area contributed by atoms with Crippen LogP contribution in [0.3, 0.4) is 0 Å². The van der Waals surface area contributed by atoms with Crippen molar-refractivity contribution >= 4 is 33.3 Å². The smallest absolute Gasteiger partial charge is 0.380 e. The van der Waals surface area contributed by atoms with E-state index in [9.17, 15) is 0 Å². The van der Waals surface area contributed by atoms with Crippen LogP contribution in [-0.2, 0) is 66.3 Å². The Labute approximate surface area is 492 Å². The molecule has 2 aromatic rings. The average molecular weight is 1230 g/mol. The number of fused-ring (bicyclic) bond motifs is 4. The summed E-state index contributed by atoms with van der Waals surface area (Å²) >= 11 is 2.38. The molecule has 2 aliphatic carbocycles. The van der Waals surface area contributed by atoms with Crippen LogP contribution in [-0.4, -0.2) is 225 Å². The van der Waals surface area contributed by atoms with Crippen LogP contribution in [0.5, 0.6) is 11.5 Å². The third kappa shape index (κ3) is 19.1. The van der Waals surface area contributed by atoms with E-state index >= 15 is 26.3 Å². The predicted molar refractivity (Wildman–Crippen MR) is 303 cm³/mol. The van der Waals surface area contributed by atoms with Gasteiger partial charge in [0.2, 0.25) is 0 Å². The van der Waals surface area contributed by atoms with Crippen LogP contribution in [0.2, 0.25) is 0 Å². The van der Waals surface area contributed by atoms with E-state index in [2.05, 4.69) is 0 Å². The molecule has 0 unspecified atom stereocenters. The average Bonchev–Trinajstić information content (AvgIpc) is 1.52. The van der Waals surface area contributed by atoms with Crippen molar-refractivity contribution in [2.75, 3.05) is 186 Å². The van der Waals surface area contributed by atoms with E-state index in [1.807, 2.05) is 13.8 Å². The van der Waals surface area contributed by atoms with Crippen molar-refractivity contribution in [2.45, 2.75) is 67.2 Å². The molecule has 2 heterocycles. The van der Waals surface area contributed by atoms with Crippen LogP contribution in [0.15, 0.2) is 83.0 Å². The van der Waals surface area contributed by atoms with Gasteiger partial charge in [-0.1, -0.05) is 24.3 Å². The van der Waals surface area contributed by atoms with Gasteiger partial charge in [0, 0.05) is 35.2 Å². The number of benzene rings is 2. The molecule has 0 amide bonds. The molecule has 0 bridgehead atoms.